The van der Waals surface area contributed by atoms with E-state index in [9.17, 15) is 14.9 Å². The molecule has 7 heteroatoms. The van der Waals surface area contributed by atoms with Crippen LogP contribution in [0.1, 0.15) is 47.6 Å². The molecule has 1 atom stereocenters. The van der Waals surface area contributed by atoms with Gasteiger partial charge < -0.3 is 5.32 Å². The Hall–Kier alpha value is -2.25. The Labute approximate surface area is 157 Å². The Bertz CT molecular complexity index is 740. The van der Waals surface area contributed by atoms with Gasteiger partial charge in [0, 0.05) is 12.6 Å². The van der Waals surface area contributed by atoms with Crippen LogP contribution in [0.3, 0.4) is 0 Å². The number of nitro groups is 1. The third-order valence-electron chi connectivity index (χ3n) is 4.81. The molecule has 0 aliphatic carbocycles. The van der Waals surface area contributed by atoms with Crippen LogP contribution in [0.25, 0.3) is 0 Å². The van der Waals surface area contributed by atoms with Crippen molar-refractivity contribution < 1.29 is 9.72 Å². The molecule has 6 nitrogen and oxygen atoms in total. The molecule has 2 heterocycles. The number of carbonyl (C=O) groups is 1. The molecule has 0 saturated carbocycles. The highest BCUT2D eigenvalue weighted by Gasteiger charge is 2.24. The van der Waals surface area contributed by atoms with Gasteiger partial charge in [-0.15, -0.1) is 0 Å². The molecule has 3 rings (SSSR count). The van der Waals surface area contributed by atoms with Crippen LogP contribution < -0.4 is 5.32 Å². The Balaban J connectivity index is 1.73. The van der Waals surface area contributed by atoms with Gasteiger partial charge in [0.05, 0.1) is 11.0 Å². The summed E-state index contributed by atoms with van der Waals surface area (Å²) in [7, 11) is 0. The largest absolute Gasteiger partial charge is 0.350 e. The number of para-hydroxylation sites is 1. The standard InChI is InChI=1S/C19H23N3O3S/c23-19(16-7-3-4-8-17(16)22(24)25)20-13-18(15-9-12-26-14-15)21-10-5-1-2-6-11-21/h3-4,7-9,12,14,18H,1-2,5-6,10-11,13H2,(H,20,23). The summed E-state index contributed by atoms with van der Waals surface area (Å²) < 4.78 is 0. The molecule has 138 valence electrons. The van der Waals surface area contributed by atoms with Crippen molar-refractivity contribution in [3.05, 3.63) is 62.3 Å². The van der Waals surface area contributed by atoms with Crippen molar-refractivity contribution >= 4 is 22.9 Å². The fourth-order valence-electron chi connectivity index (χ4n) is 3.44. The van der Waals surface area contributed by atoms with Crippen LogP contribution in [-0.2, 0) is 0 Å². The van der Waals surface area contributed by atoms with Crippen LogP contribution in [0.15, 0.2) is 41.1 Å². The van der Waals surface area contributed by atoms with Crippen molar-refractivity contribution in [1.82, 2.24) is 10.2 Å². The first-order valence-electron chi connectivity index (χ1n) is 8.94. The molecule has 26 heavy (non-hydrogen) atoms. The average molecular weight is 373 g/mol. The number of hydrogen-bond acceptors (Lipinski definition) is 5. The van der Waals surface area contributed by atoms with Gasteiger partial charge in [-0.2, -0.15) is 11.3 Å². The van der Waals surface area contributed by atoms with Gasteiger partial charge in [-0.3, -0.25) is 19.8 Å². The second-order valence-corrected chi connectivity index (χ2v) is 7.29. The third-order valence-corrected chi connectivity index (χ3v) is 5.51. The first-order chi connectivity index (χ1) is 12.7. The SMILES string of the molecule is O=C(NCC(c1ccsc1)N1CCCCCC1)c1ccccc1[N+](=O)[O-]. The molecule has 0 spiro atoms. The summed E-state index contributed by atoms with van der Waals surface area (Å²) in [6.45, 7) is 2.48. The summed E-state index contributed by atoms with van der Waals surface area (Å²) in [5.41, 5.74) is 1.14. The Morgan fingerprint density at radius 1 is 1.19 bits per heavy atom. The second-order valence-electron chi connectivity index (χ2n) is 6.51. The summed E-state index contributed by atoms with van der Waals surface area (Å²) in [4.78, 5) is 25.6. The number of benzene rings is 1. The molecule has 1 unspecified atom stereocenters. The lowest BCUT2D eigenvalue weighted by atomic mass is 10.1. The number of carbonyl (C=O) groups excluding carboxylic acids is 1. The third kappa shape index (κ3) is 4.47. The van der Waals surface area contributed by atoms with Crippen LogP contribution in [0.5, 0.6) is 0 Å². The number of rotatable bonds is 6. The maximum atomic E-state index is 12.6. The molecule has 1 aromatic heterocycles. The van der Waals surface area contributed by atoms with Crippen LogP contribution in [0.2, 0.25) is 0 Å². The van der Waals surface area contributed by atoms with Crippen molar-refractivity contribution in [1.29, 1.82) is 0 Å². The Morgan fingerprint density at radius 3 is 2.58 bits per heavy atom. The highest BCUT2D eigenvalue weighted by atomic mass is 32.1. The quantitative estimate of drug-likeness (QED) is 0.613. The van der Waals surface area contributed by atoms with Gasteiger partial charge in [-0.1, -0.05) is 25.0 Å². The van der Waals surface area contributed by atoms with Crippen molar-refractivity contribution in [3.63, 3.8) is 0 Å². The van der Waals surface area contributed by atoms with Crippen LogP contribution in [-0.4, -0.2) is 35.4 Å². The van der Waals surface area contributed by atoms with Crippen LogP contribution in [0, 0.1) is 10.1 Å². The van der Waals surface area contributed by atoms with E-state index in [4.69, 9.17) is 0 Å². The maximum absolute atomic E-state index is 12.6. The average Bonchev–Trinajstić information content (AvgIpc) is 3.04. The summed E-state index contributed by atoms with van der Waals surface area (Å²) in [6, 6.07) is 8.27. The van der Waals surface area contributed by atoms with Gasteiger partial charge in [0.25, 0.3) is 11.6 Å². The van der Waals surface area contributed by atoms with E-state index in [2.05, 4.69) is 21.7 Å². The summed E-state index contributed by atoms with van der Waals surface area (Å²) in [5.74, 6) is -0.396. The van der Waals surface area contributed by atoms with E-state index >= 15 is 0 Å². The second kappa shape index (κ2) is 8.91. The van der Waals surface area contributed by atoms with Gasteiger partial charge in [-0.25, -0.2) is 0 Å². The number of nitro benzene ring substituents is 1. The molecule has 1 N–H and O–H groups in total. The van der Waals surface area contributed by atoms with Crippen molar-refractivity contribution in [2.75, 3.05) is 19.6 Å². The molecule has 1 saturated heterocycles. The fraction of sp³-hybridized carbons (Fsp3) is 0.421. The molecule has 1 fully saturated rings. The highest BCUT2D eigenvalue weighted by Crippen LogP contribution is 2.26. The van der Waals surface area contributed by atoms with E-state index in [0.717, 1.165) is 13.1 Å². The van der Waals surface area contributed by atoms with Gasteiger partial charge in [0.1, 0.15) is 5.56 Å². The van der Waals surface area contributed by atoms with Crippen LogP contribution in [0.4, 0.5) is 5.69 Å². The molecule has 2 aromatic rings. The fourth-order valence-corrected chi connectivity index (χ4v) is 4.15. The summed E-state index contributed by atoms with van der Waals surface area (Å²) >= 11 is 1.65. The topological polar surface area (TPSA) is 75.5 Å². The minimum Gasteiger partial charge on any atom is -0.350 e. The van der Waals surface area contributed by atoms with Gasteiger partial charge in [0.15, 0.2) is 0 Å². The van der Waals surface area contributed by atoms with E-state index in [1.807, 2.05) is 5.38 Å². The van der Waals surface area contributed by atoms with E-state index in [-0.39, 0.29) is 17.3 Å². The number of nitrogens with one attached hydrogen (secondary N) is 1. The monoisotopic (exact) mass is 373 g/mol. The Morgan fingerprint density at radius 2 is 1.92 bits per heavy atom. The van der Waals surface area contributed by atoms with E-state index < -0.39 is 10.8 Å². The zero-order valence-electron chi connectivity index (χ0n) is 14.6. The van der Waals surface area contributed by atoms with E-state index in [1.54, 1.807) is 23.5 Å². The molecule has 1 aliphatic rings. The number of likely N-dealkylation sites (tertiary alicyclic amines) is 1. The predicted molar refractivity (Wildman–Crippen MR) is 103 cm³/mol. The molecule has 0 bridgehead atoms. The molecule has 0 radical (unpaired) electrons. The van der Waals surface area contributed by atoms with E-state index in [1.165, 1.54) is 43.4 Å². The van der Waals surface area contributed by atoms with Gasteiger partial charge >= 0.3 is 0 Å². The number of hydrogen-bond donors (Lipinski definition) is 1. The minimum atomic E-state index is -0.514. The lowest BCUT2D eigenvalue weighted by Gasteiger charge is -2.30. The summed E-state index contributed by atoms with van der Waals surface area (Å²) in [6.07, 6.45) is 4.82. The summed E-state index contributed by atoms with van der Waals surface area (Å²) in [5, 5.41) is 18.2. The predicted octanol–water partition coefficient (Wildman–Crippen LogP) is 4.00. The normalized spacial score (nSPS) is 16.6. The van der Waals surface area contributed by atoms with E-state index in [0.29, 0.717) is 6.54 Å². The van der Waals surface area contributed by atoms with Crippen LogP contribution >= 0.6 is 11.3 Å². The van der Waals surface area contributed by atoms with Gasteiger partial charge in [0.2, 0.25) is 0 Å². The zero-order chi connectivity index (χ0) is 18.4. The van der Waals surface area contributed by atoms with Crippen molar-refractivity contribution in [2.45, 2.75) is 31.7 Å². The van der Waals surface area contributed by atoms with Gasteiger partial charge in [-0.05, 0) is 54.4 Å². The lowest BCUT2D eigenvalue weighted by molar-refractivity contribution is -0.385. The highest BCUT2D eigenvalue weighted by molar-refractivity contribution is 7.07. The lowest BCUT2D eigenvalue weighted by Crippen LogP contribution is -2.38. The number of nitrogens with zero attached hydrogens (tertiary/aromatic N) is 2. The molecule has 1 aliphatic heterocycles. The molecular weight excluding hydrogens is 350 g/mol. The molecule has 1 aromatic carbocycles. The maximum Gasteiger partial charge on any atom is 0.282 e. The first-order valence-corrected chi connectivity index (χ1v) is 9.89. The Kier molecular flexibility index (Phi) is 6.35. The van der Waals surface area contributed by atoms with Crippen molar-refractivity contribution in [2.24, 2.45) is 0 Å². The first kappa shape index (κ1) is 18.5. The van der Waals surface area contributed by atoms with Crippen molar-refractivity contribution in [3.8, 4) is 0 Å². The minimum absolute atomic E-state index is 0.103. The number of thiophene rings is 1. The molecular formula is C19H23N3O3S. The molecule has 1 amide bonds. The number of amides is 1. The zero-order valence-corrected chi connectivity index (χ0v) is 15.4. The smallest absolute Gasteiger partial charge is 0.282 e.